The third-order valence-corrected chi connectivity index (χ3v) is 4.25. The van der Waals surface area contributed by atoms with Gasteiger partial charge in [-0.15, -0.1) is 0 Å². The van der Waals surface area contributed by atoms with Crippen molar-refractivity contribution in [3.05, 3.63) is 23.9 Å². The third kappa shape index (κ3) is 3.32. The third-order valence-electron chi connectivity index (χ3n) is 4.25. The topological polar surface area (TPSA) is 68.0 Å². The van der Waals surface area contributed by atoms with Crippen molar-refractivity contribution in [3.8, 4) is 0 Å². The van der Waals surface area contributed by atoms with Crippen LogP contribution < -0.4 is 11.1 Å². The van der Waals surface area contributed by atoms with Gasteiger partial charge in [0.15, 0.2) is 0 Å². The normalized spacial score (nSPS) is 20.2. The first-order chi connectivity index (χ1) is 9.00. The molecule has 0 aromatic carbocycles. The van der Waals surface area contributed by atoms with Crippen LogP contribution in [-0.4, -0.2) is 23.9 Å². The Morgan fingerprint density at radius 1 is 1.58 bits per heavy atom. The first-order valence-electron chi connectivity index (χ1n) is 6.94. The standard InChI is InChI=1S/C15H23N3O/c1-15(2,12-4-3-6-17-10-12)13(19)8-11-5-7-18-14(16)9-11/h5,7,9,12,17H,3-4,6,8,10H2,1-2H3,(H2,16,18). The predicted octanol–water partition coefficient (Wildman–Crippen LogP) is 1.80. The van der Waals surface area contributed by atoms with E-state index in [0.29, 0.717) is 18.2 Å². The van der Waals surface area contributed by atoms with Crippen molar-refractivity contribution in [1.29, 1.82) is 0 Å². The highest BCUT2D eigenvalue weighted by molar-refractivity contribution is 5.86. The lowest BCUT2D eigenvalue weighted by molar-refractivity contribution is -0.129. The Morgan fingerprint density at radius 2 is 2.37 bits per heavy atom. The SMILES string of the molecule is CC(C)(C(=O)Cc1ccnc(N)c1)C1CCCNC1. The maximum atomic E-state index is 12.6. The van der Waals surface area contributed by atoms with Gasteiger partial charge in [0.2, 0.25) is 0 Å². The average Bonchev–Trinajstić information content (AvgIpc) is 2.39. The van der Waals surface area contributed by atoms with E-state index in [1.807, 2.05) is 6.07 Å². The molecule has 1 fully saturated rings. The molecule has 4 nitrogen and oxygen atoms in total. The zero-order valence-electron chi connectivity index (χ0n) is 11.8. The molecule has 0 radical (unpaired) electrons. The number of Topliss-reactive ketones (excluding diaryl/α,β-unsaturated/α-hetero) is 1. The van der Waals surface area contributed by atoms with Crippen LogP contribution in [0, 0.1) is 11.3 Å². The number of nitrogens with one attached hydrogen (secondary N) is 1. The number of aromatic nitrogens is 1. The Hall–Kier alpha value is -1.42. The van der Waals surface area contributed by atoms with Crippen LogP contribution in [0.1, 0.15) is 32.3 Å². The van der Waals surface area contributed by atoms with Gasteiger partial charge >= 0.3 is 0 Å². The number of nitrogen functional groups attached to an aromatic ring is 1. The fourth-order valence-electron chi connectivity index (χ4n) is 2.71. The van der Waals surface area contributed by atoms with Gasteiger partial charge in [0.1, 0.15) is 11.6 Å². The van der Waals surface area contributed by atoms with Gasteiger partial charge in [0.25, 0.3) is 0 Å². The van der Waals surface area contributed by atoms with Crippen LogP contribution in [0.5, 0.6) is 0 Å². The van der Waals surface area contributed by atoms with E-state index >= 15 is 0 Å². The Kier molecular flexibility index (Phi) is 4.20. The second-order valence-electron chi connectivity index (χ2n) is 5.95. The summed E-state index contributed by atoms with van der Waals surface area (Å²) in [4.78, 5) is 16.5. The molecule has 1 atom stereocenters. The van der Waals surface area contributed by atoms with E-state index in [-0.39, 0.29) is 11.2 Å². The number of carbonyl (C=O) groups is 1. The number of nitrogens with two attached hydrogens (primary N) is 1. The lowest BCUT2D eigenvalue weighted by Gasteiger charge is -2.36. The van der Waals surface area contributed by atoms with Gasteiger partial charge in [-0.25, -0.2) is 4.98 Å². The van der Waals surface area contributed by atoms with Crippen molar-refractivity contribution < 1.29 is 4.79 Å². The summed E-state index contributed by atoms with van der Waals surface area (Å²) in [6.07, 6.45) is 4.39. The predicted molar refractivity (Wildman–Crippen MR) is 76.7 cm³/mol. The van der Waals surface area contributed by atoms with E-state index in [2.05, 4.69) is 24.1 Å². The molecule has 3 N–H and O–H groups in total. The molecule has 0 saturated carbocycles. The highest BCUT2D eigenvalue weighted by atomic mass is 16.1. The van der Waals surface area contributed by atoms with Gasteiger partial charge < -0.3 is 11.1 Å². The molecule has 19 heavy (non-hydrogen) atoms. The fraction of sp³-hybridized carbons (Fsp3) is 0.600. The molecular formula is C15H23N3O. The Labute approximate surface area is 114 Å². The number of piperidine rings is 1. The van der Waals surface area contributed by atoms with E-state index in [9.17, 15) is 4.79 Å². The average molecular weight is 261 g/mol. The van der Waals surface area contributed by atoms with Crippen molar-refractivity contribution in [2.24, 2.45) is 11.3 Å². The Balaban J connectivity index is 2.05. The summed E-state index contributed by atoms with van der Waals surface area (Å²) in [5.74, 6) is 1.18. The molecule has 4 heteroatoms. The van der Waals surface area contributed by atoms with Crippen LogP contribution in [0.25, 0.3) is 0 Å². The van der Waals surface area contributed by atoms with Crippen molar-refractivity contribution in [1.82, 2.24) is 10.3 Å². The van der Waals surface area contributed by atoms with Crippen LogP contribution in [-0.2, 0) is 11.2 Å². The molecule has 0 spiro atoms. The second-order valence-corrected chi connectivity index (χ2v) is 5.95. The summed E-state index contributed by atoms with van der Waals surface area (Å²) < 4.78 is 0. The second kappa shape index (κ2) is 5.70. The zero-order valence-corrected chi connectivity index (χ0v) is 11.8. The van der Waals surface area contributed by atoms with Crippen LogP contribution in [0.2, 0.25) is 0 Å². The molecule has 0 amide bonds. The Morgan fingerprint density at radius 3 is 3.00 bits per heavy atom. The van der Waals surface area contributed by atoms with Crippen molar-refractivity contribution in [2.75, 3.05) is 18.8 Å². The zero-order chi connectivity index (χ0) is 13.9. The quantitative estimate of drug-likeness (QED) is 0.867. The maximum Gasteiger partial charge on any atom is 0.143 e. The number of pyridine rings is 1. The lowest BCUT2D eigenvalue weighted by atomic mass is 9.71. The molecule has 1 unspecified atom stereocenters. The van der Waals surface area contributed by atoms with Crippen molar-refractivity contribution in [3.63, 3.8) is 0 Å². The number of carbonyl (C=O) groups excluding carboxylic acids is 1. The molecule has 1 aromatic rings. The van der Waals surface area contributed by atoms with E-state index in [1.54, 1.807) is 12.3 Å². The summed E-state index contributed by atoms with van der Waals surface area (Å²) in [6, 6.07) is 3.65. The van der Waals surface area contributed by atoms with Crippen LogP contribution in [0.4, 0.5) is 5.82 Å². The molecule has 1 aliphatic rings. The smallest absolute Gasteiger partial charge is 0.143 e. The summed E-state index contributed by atoms with van der Waals surface area (Å²) in [5.41, 5.74) is 6.32. The van der Waals surface area contributed by atoms with E-state index < -0.39 is 0 Å². The van der Waals surface area contributed by atoms with Crippen LogP contribution in [0.15, 0.2) is 18.3 Å². The molecule has 1 aromatic heterocycles. The van der Waals surface area contributed by atoms with Crippen molar-refractivity contribution in [2.45, 2.75) is 33.1 Å². The lowest BCUT2D eigenvalue weighted by Crippen LogP contribution is -2.43. The molecule has 104 valence electrons. The highest BCUT2D eigenvalue weighted by Gasteiger charge is 2.36. The molecular weight excluding hydrogens is 238 g/mol. The number of nitrogens with zero attached hydrogens (tertiary/aromatic N) is 1. The van der Waals surface area contributed by atoms with Gasteiger partial charge in [-0.05, 0) is 49.5 Å². The van der Waals surface area contributed by atoms with E-state index in [4.69, 9.17) is 5.73 Å². The fourth-order valence-corrected chi connectivity index (χ4v) is 2.71. The molecule has 1 saturated heterocycles. The summed E-state index contributed by atoms with van der Waals surface area (Å²) in [6.45, 7) is 6.15. The summed E-state index contributed by atoms with van der Waals surface area (Å²) >= 11 is 0. The molecule has 2 rings (SSSR count). The first-order valence-corrected chi connectivity index (χ1v) is 6.94. The van der Waals surface area contributed by atoms with Gasteiger partial charge in [-0.1, -0.05) is 13.8 Å². The van der Waals surface area contributed by atoms with Gasteiger partial charge in [-0.3, -0.25) is 4.79 Å². The molecule has 0 aliphatic carbocycles. The van der Waals surface area contributed by atoms with Gasteiger partial charge in [0, 0.05) is 18.0 Å². The number of ketones is 1. The number of rotatable bonds is 4. The van der Waals surface area contributed by atoms with E-state index in [1.165, 1.54) is 0 Å². The summed E-state index contributed by atoms with van der Waals surface area (Å²) in [5, 5.41) is 3.39. The first kappa shape index (κ1) is 14.0. The number of hydrogen-bond donors (Lipinski definition) is 2. The van der Waals surface area contributed by atoms with E-state index in [0.717, 1.165) is 31.5 Å². The van der Waals surface area contributed by atoms with Crippen LogP contribution in [0.3, 0.4) is 0 Å². The molecule has 2 heterocycles. The number of anilines is 1. The van der Waals surface area contributed by atoms with Gasteiger partial charge in [0.05, 0.1) is 0 Å². The highest BCUT2D eigenvalue weighted by Crippen LogP contribution is 2.33. The largest absolute Gasteiger partial charge is 0.384 e. The van der Waals surface area contributed by atoms with Gasteiger partial charge in [-0.2, -0.15) is 0 Å². The van der Waals surface area contributed by atoms with Crippen molar-refractivity contribution >= 4 is 11.6 Å². The number of hydrogen-bond acceptors (Lipinski definition) is 4. The molecule has 0 bridgehead atoms. The Bertz CT molecular complexity index is 450. The monoisotopic (exact) mass is 261 g/mol. The minimum absolute atomic E-state index is 0.284. The maximum absolute atomic E-state index is 12.6. The minimum atomic E-state index is -0.286. The molecule has 1 aliphatic heterocycles. The van der Waals surface area contributed by atoms with Crippen LogP contribution >= 0.6 is 0 Å². The summed E-state index contributed by atoms with van der Waals surface area (Å²) in [7, 11) is 0. The minimum Gasteiger partial charge on any atom is -0.384 e.